The summed E-state index contributed by atoms with van der Waals surface area (Å²) in [6, 6.07) is 0.971. The van der Waals surface area contributed by atoms with Crippen molar-refractivity contribution in [3.63, 3.8) is 0 Å². The van der Waals surface area contributed by atoms with Gasteiger partial charge in [0.15, 0.2) is 0 Å². The van der Waals surface area contributed by atoms with E-state index in [1.165, 1.54) is 71.1 Å². The van der Waals surface area contributed by atoms with Gasteiger partial charge in [0.2, 0.25) is 0 Å². The van der Waals surface area contributed by atoms with Gasteiger partial charge in [-0.1, -0.05) is 6.42 Å². The molecule has 0 aromatic heterocycles. The Morgan fingerprint density at radius 2 is 1.59 bits per heavy atom. The average Bonchev–Trinajstić information content (AvgIpc) is 2.86. The molecule has 0 aromatic rings. The quantitative estimate of drug-likeness (QED) is 0.748. The van der Waals surface area contributed by atoms with Crippen molar-refractivity contribution in [2.45, 2.75) is 51.0 Å². The lowest BCUT2D eigenvalue weighted by molar-refractivity contribution is -0.0139. The fraction of sp³-hybridized carbons (Fsp3) is 1.00. The second-order valence-corrected chi connectivity index (χ2v) is 7.22. The zero-order valence-corrected chi connectivity index (χ0v) is 11.0. The van der Waals surface area contributed by atoms with Crippen LogP contribution < -0.4 is 5.32 Å². The molecule has 2 aliphatic heterocycles. The van der Waals surface area contributed by atoms with Crippen LogP contribution >= 0.6 is 0 Å². The van der Waals surface area contributed by atoms with E-state index in [0.717, 1.165) is 23.3 Å². The number of likely N-dealkylation sites (tertiary alicyclic amines) is 1. The van der Waals surface area contributed by atoms with Crippen LogP contribution in [-0.4, -0.2) is 37.1 Å². The SMILES string of the molecule is C1CC2CN(C3CC4(CCNCC4)C3)CC2C1. The summed E-state index contributed by atoms with van der Waals surface area (Å²) in [5.74, 6) is 2.17. The number of nitrogens with zero attached hydrogens (tertiary/aromatic N) is 1. The normalized spacial score (nSPS) is 41.6. The molecule has 96 valence electrons. The first-order chi connectivity index (χ1) is 8.35. The molecule has 2 saturated heterocycles. The topological polar surface area (TPSA) is 15.3 Å². The van der Waals surface area contributed by atoms with E-state index >= 15 is 0 Å². The number of hydrogen-bond donors (Lipinski definition) is 1. The van der Waals surface area contributed by atoms with E-state index in [2.05, 4.69) is 10.2 Å². The lowest BCUT2D eigenvalue weighted by atomic mass is 9.60. The van der Waals surface area contributed by atoms with Gasteiger partial charge < -0.3 is 5.32 Å². The van der Waals surface area contributed by atoms with Crippen LogP contribution in [0.5, 0.6) is 0 Å². The Labute approximate surface area is 105 Å². The molecule has 0 aromatic carbocycles. The molecule has 2 heteroatoms. The predicted molar refractivity (Wildman–Crippen MR) is 70.0 cm³/mol. The van der Waals surface area contributed by atoms with Crippen molar-refractivity contribution in [3.05, 3.63) is 0 Å². The van der Waals surface area contributed by atoms with E-state index < -0.39 is 0 Å². The minimum atomic E-state index is 0.771. The van der Waals surface area contributed by atoms with Crippen LogP contribution in [0.3, 0.4) is 0 Å². The summed E-state index contributed by atoms with van der Waals surface area (Å²) < 4.78 is 0. The number of hydrogen-bond acceptors (Lipinski definition) is 2. The summed E-state index contributed by atoms with van der Waals surface area (Å²) >= 11 is 0. The molecule has 17 heavy (non-hydrogen) atoms. The molecule has 2 saturated carbocycles. The number of fused-ring (bicyclic) bond motifs is 1. The van der Waals surface area contributed by atoms with Gasteiger partial charge in [0.05, 0.1) is 0 Å². The minimum Gasteiger partial charge on any atom is -0.317 e. The zero-order chi connectivity index (χ0) is 11.3. The first-order valence-corrected chi connectivity index (χ1v) is 7.79. The summed E-state index contributed by atoms with van der Waals surface area (Å²) in [5, 5.41) is 3.51. The van der Waals surface area contributed by atoms with Crippen molar-refractivity contribution >= 4 is 0 Å². The lowest BCUT2D eigenvalue weighted by Gasteiger charge is -2.53. The number of piperidine rings is 1. The number of rotatable bonds is 1. The highest BCUT2D eigenvalue weighted by atomic mass is 15.2. The molecule has 1 spiro atoms. The van der Waals surface area contributed by atoms with Gasteiger partial charge in [0.25, 0.3) is 0 Å². The van der Waals surface area contributed by atoms with Gasteiger partial charge in [0.1, 0.15) is 0 Å². The Morgan fingerprint density at radius 1 is 0.941 bits per heavy atom. The van der Waals surface area contributed by atoms with Gasteiger partial charge in [-0.25, -0.2) is 0 Å². The molecule has 4 rings (SSSR count). The van der Waals surface area contributed by atoms with Crippen molar-refractivity contribution in [1.29, 1.82) is 0 Å². The van der Waals surface area contributed by atoms with Crippen molar-refractivity contribution in [2.24, 2.45) is 17.3 Å². The minimum absolute atomic E-state index is 0.771. The largest absolute Gasteiger partial charge is 0.317 e. The zero-order valence-electron chi connectivity index (χ0n) is 11.0. The smallest absolute Gasteiger partial charge is 0.0106 e. The van der Waals surface area contributed by atoms with Crippen molar-refractivity contribution in [3.8, 4) is 0 Å². The van der Waals surface area contributed by atoms with Gasteiger partial charge in [-0.05, 0) is 68.9 Å². The predicted octanol–water partition coefficient (Wildman–Crippen LogP) is 2.25. The molecule has 2 aliphatic carbocycles. The fourth-order valence-electron chi connectivity index (χ4n) is 5.13. The maximum absolute atomic E-state index is 3.51. The van der Waals surface area contributed by atoms with Crippen LogP contribution in [0, 0.1) is 17.3 Å². The molecular formula is C15H26N2. The van der Waals surface area contributed by atoms with Gasteiger partial charge in [0, 0.05) is 19.1 Å². The van der Waals surface area contributed by atoms with Gasteiger partial charge in [-0.2, -0.15) is 0 Å². The van der Waals surface area contributed by atoms with Gasteiger partial charge in [-0.3, -0.25) is 4.90 Å². The van der Waals surface area contributed by atoms with Crippen molar-refractivity contribution < 1.29 is 0 Å². The van der Waals surface area contributed by atoms with Crippen LogP contribution in [0.1, 0.15) is 44.9 Å². The summed E-state index contributed by atoms with van der Waals surface area (Å²) in [4.78, 5) is 2.86. The van der Waals surface area contributed by atoms with E-state index in [1.54, 1.807) is 0 Å². The van der Waals surface area contributed by atoms with E-state index in [-0.39, 0.29) is 0 Å². The highest BCUT2D eigenvalue weighted by Gasteiger charge is 2.49. The Morgan fingerprint density at radius 3 is 2.24 bits per heavy atom. The maximum Gasteiger partial charge on any atom is 0.0106 e. The molecule has 2 nitrogen and oxygen atoms in total. The second kappa shape index (κ2) is 3.96. The van der Waals surface area contributed by atoms with Gasteiger partial charge in [-0.15, -0.1) is 0 Å². The van der Waals surface area contributed by atoms with E-state index in [9.17, 15) is 0 Å². The van der Waals surface area contributed by atoms with E-state index in [4.69, 9.17) is 0 Å². The van der Waals surface area contributed by atoms with Crippen LogP contribution in [0.4, 0.5) is 0 Å². The Hall–Kier alpha value is -0.0800. The highest BCUT2D eigenvalue weighted by molar-refractivity contribution is 5.03. The van der Waals surface area contributed by atoms with Crippen LogP contribution in [0.25, 0.3) is 0 Å². The summed E-state index contributed by atoms with van der Waals surface area (Å²) in [6.07, 6.45) is 10.5. The first-order valence-electron chi connectivity index (χ1n) is 7.79. The molecule has 4 aliphatic rings. The first kappa shape index (κ1) is 10.8. The average molecular weight is 234 g/mol. The molecule has 0 radical (unpaired) electrons. The summed E-state index contributed by atoms with van der Waals surface area (Å²) in [6.45, 7) is 5.45. The molecular weight excluding hydrogens is 208 g/mol. The van der Waals surface area contributed by atoms with Crippen molar-refractivity contribution in [1.82, 2.24) is 10.2 Å². The van der Waals surface area contributed by atoms with Crippen molar-refractivity contribution in [2.75, 3.05) is 26.2 Å². The van der Waals surface area contributed by atoms with Crippen LogP contribution in [0.2, 0.25) is 0 Å². The van der Waals surface area contributed by atoms with Crippen LogP contribution in [0.15, 0.2) is 0 Å². The lowest BCUT2D eigenvalue weighted by Crippen LogP contribution is -2.54. The third-order valence-corrected chi connectivity index (χ3v) is 6.27. The second-order valence-electron chi connectivity index (χ2n) is 7.22. The third-order valence-electron chi connectivity index (χ3n) is 6.27. The molecule has 2 atom stereocenters. The Balaban J connectivity index is 1.34. The molecule has 2 unspecified atom stereocenters. The Kier molecular flexibility index (Phi) is 2.52. The molecule has 0 bridgehead atoms. The fourth-order valence-corrected chi connectivity index (χ4v) is 5.13. The van der Waals surface area contributed by atoms with E-state index in [1.807, 2.05) is 0 Å². The molecule has 0 amide bonds. The summed E-state index contributed by atoms with van der Waals surface area (Å²) in [7, 11) is 0. The number of nitrogens with one attached hydrogen (secondary N) is 1. The van der Waals surface area contributed by atoms with Gasteiger partial charge >= 0.3 is 0 Å². The Bertz CT molecular complexity index is 275. The van der Waals surface area contributed by atoms with E-state index in [0.29, 0.717) is 0 Å². The standard InChI is InChI=1S/C15H26N2/c1-2-12-10-17(11-13(12)3-1)14-8-15(9-14)4-6-16-7-5-15/h12-14,16H,1-11H2. The molecule has 4 fully saturated rings. The molecule has 1 N–H and O–H groups in total. The van der Waals surface area contributed by atoms with Crippen LogP contribution in [-0.2, 0) is 0 Å². The third kappa shape index (κ3) is 1.76. The molecule has 2 heterocycles. The highest BCUT2D eigenvalue weighted by Crippen LogP contribution is 2.52. The maximum atomic E-state index is 3.51. The monoisotopic (exact) mass is 234 g/mol. The summed E-state index contributed by atoms with van der Waals surface area (Å²) in [5.41, 5.74) is 0.771.